The smallest absolute Gasteiger partial charge is 0.160 e. The number of nitriles is 2. The van der Waals surface area contributed by atoms with Gasteiger partial charge in [0.25, 0.3) is 0 Å². The van der Waals surface area contributed by atoms with E-state index in [0.717, 1.165) is 83.4 Å². The molecule has 6 heteroatoms. The summed E-state index contributed by atoms with van der Waals surface area (Å²) in [6.45, 7) is 0. The lowest BCUT2D eigenvalue weighted by Crippen LogP contribution is -2.04. The van der Waals surface area contributed by atoms with Crippen LogP contribution in [0.2, 0.25) is 0 Å². The van der Waals surface area contributed by atoms with Crippen LogP contribution in [0.4, 0.5) is 0 Å². The molecule has 0 aliphatic heterocycles. The van der Waals surface area contributed by atoms with Gasteiger partial charge in [-0.2, -0.15) is 10.5 Å². The predicted octanol–water partition coefficient (Wildman–Crippen LogP) is 13.1. The van der Waals surface area contributed by atoms with E-state index in [4.69, 9.17) is 9.97 Å². The van der Waals surface area contributed by atoms with Crippen LogP contribution in [0, 0.1) is 22.7 Å². The van der Waals surface area contributed by atoms with Gasteiger partial charge in [0, 0.05) is 49.4 Å². The van der Waals surface area contributed by atoms with Gasteiger partial charge in [-0.15, -0.1) is 0 Å². The van der Waals surface area contributed by atoms with Crippen LogP contribution in [0.1, 0.15) is 11.1 Å². The Hall–Kier alpha value is -8.58. The van der Waals surface area contributed by atoms with Crippen molar-refractivity contribution in [1.82, 2.24) is 19.1 Å². The van der Waals surface area contributed by atoms with E-state index in [2.05, 4.69) is 130 Å². The van der Waals surface area contributed by atoms with Crippen LogP contribution in [0.5, 0.6) is 0 Å². The summed E-state index contributed by atoms with van der Waals surface area (Å²) in [5.41, 5.74) is 13.5. The second-order valence-electron chi connectivity index (χ2n) is 14.8. The minimum Gasteiger partial charge on any atom is -0.309 e. The molecule has 8 aromatic carbocycles. The van der Waals surface area contributed by atoms with Crippen LogP contribution >= 0.6 is 0 Å². The highest BCUT2D eigenvalue weighted by Gasteiger charge is 2.24. The molecule has 0 radical (unpaired) electrons. The van der Waals surface area contributed by atoms with E-state index in [-0.39, 0.29) is 0 Å². The fraction of sp³-hybridized carbons (Fsp3) is 0. The fourth-order valence-corrected chi connectivity index (χ4v) is 8.77. The van der Waals surface area contributed by atoms with Gasteiger partial charge in [0.2, 0.25) is 0 Å². The Labute approximate surface area is 345 Å². The highest BCUT2D eigenvalue weighted by atomic mass is 15.0. The van der Waals surface area contributed by atoms with Crippen molar-refractivity contribution in [1.29, 1.82) is 10.5 Å². The SMILES string of the molecule is N#Cc1ccc2c(c1)c1cc(C#N)ccc1n2-c1cccc(-c2cc(-c3ccccc3)nc(-c3ccccc3)n2)c1-c1ccccc1-n1c2ccccc2c2ccccc21. The Bertz CT molecular complexity index is 3380. The Kier molecular flexibility index (Phi) is 8.15. The molecular formula is C54H32N6. The molecule has 0 spiro atoms. The van der Waals surface area contributed by atoms with Gasteiger partial charge in [0.1, 0.15) is 0 Å². The van der Waals surface area contributed by atoms with Crippen molar-refractivity contribution in [2.75, 3.05) is 0 Å². The van der Waals surface area contributed by atoms with Gasteiger partial charge < -0.3 is 9.13 Å². The first kappa shape index (κ1) is 34.7. The number of aromatic nitrogens is 4. The second-order valence-corrected chi connectivity index (χ2v) is 14.8. The number of hydrogen-bond acceptors (Lipinski definition) is 4. The minimum atomic E-state index is 0.553. The van der Waals surface area contributed by atoms with Crippen molar-refractivity contribution in [3.8, 4) is 68.5 Å². The summed E-state index contributed by atoms with van der Waals surface area (Å²) in [5.74, 6) is 0.629. The molecule has 0 amide bonds. The van der Waals surface area contributed by atoms with Crippen LogP contribution < -0.4 is 0 Å². The molecule has 0 N–H and O–H groups in total. The monoisotopic (exact) mass is 764 g/mol. The summed E-state index contributed by atoms with van der Waals surface area (Å²) < 4.78 is 4.64. The van der Waals surface area contributed by atoms with Crippen molar-refractivity contribution in [3.05, 3.63) is 205 Å². The van der Waals surface area contributed by atoms with Crippen molar-refractivity contribution >= 4 is 43.6 Å². The van der Waals surface area contributed by atoms with Crippen LogP contribution in [-0.4, -0.2) is 19.1 Å². The van der Waals surface area contributed by atoms with Crippen LogP contribution in [-0.2, 0) is 0 Å². The number of nitrogens with zero attached hydrogens (tertiary/aromatic N) is 6. The molecule has 11 aromatic rings. The zero-order valence-electron chi connectivity index (χ0n) is 32.2. The van der Waals surface area contributed by atoms with E-state index in [1.807, 2.05) is 84.9 Å². The van der Waals surface area contributed by atoms with Crippen molar-refractivity contribution < 1.29 is 0 Å². The molecule has 0 atom stereocenters. The van der Waals surface area contributed by atoms with Crippen molar-refractivity contribution in [3.63, 3.8) is 0 Å². The Morgan fingerprint density at radius 1 is 0.367 bits per heavy atom. The molecule has 0 saturated carbocycles. The zero-order valence-corrected chi connectivity index (χ0v) is 32.2. The third-order valence-corrected chi connectivity index (χ3v) is 11.4. The average Bonchev–Trinajstić information content (AvgIpc) is 3.83. The minimum absolute atomic E-state index is 0.553. The quantitative estimate of drug-likeness (QED) is 0.169. The maximum Gasteiger partial charge on any atom is 0.160 e. The van der Waals surface area contributed by atoms with Gasteiger partial charge in [-0.1, -0.05) is 127 Å². The molecule has 6 nitrogen and oxygen atoms in total. The van der Waals surface area contributed by atoms with E-state index in [1.54, 1.807) is 0 Å². The van der Waals surface area contributed by atoms with E-state index in [1.165, 1.54) is 10.8 Å². The summed E-state index contributed by atoms with van der Waals surface area (Å²) in [6, 6.07) is 70.9. The van der Waals surface area contributed by atoms with Crippen LogP contribution in [0.25, 0.3) is 100 Å². The Morgan fingerprint density at radius 2 is 0.850 bits per heavy atom. The lowest BCUT2D eigenvalue weighted by atomic mass is 9.93. The van der Waals surface area contributed by atoms with Crippen LogP contribution in [0.15, 0.2) is 194 Å². The number of benzene rings is 8. The van der Waals surface area contributed by atoms with E-state index >= 15 is 0 Å². The summed E-state index contributed by atoms with van der Waals surface area (Å²) in [5, 5.41) is 24.2. The second kappa shape index (κ2) is 14.1. The van der Waals surface area contributed by atoms with Gasteiger partial charge in [-0.3, -0.25) is 0 Å². The first-order chi connectivity index (χ1) is 29.7. The highest BCUT2D eigenvalue weighted by Crippen LogP contribution is 2.45. The number of rotatable bonds is 6. The van der Waals surface area contributed by atoms with Gasteiger partial charge in [0.05, 0.1) is 68.1 Å². The molecule has 0 aliphatic carbocycles. The first-order valence-electron chi connectivity index (χ1n) is 19.8. The maximum absolute atomic E-state index is 10.0. The van der Waals surface area contributed by atoms with Crippen LogP contribution in [0.3, 0.4) is 0 Å². The Balaban J connectivity index is 1.29. The predicted molar refractivity (Wildman–Crippen MR) is 242 cm³/mol. The molecule has 0 unspecified atom stereocenters. The lowest BCUT2D eigenvalue weighted by Gasteiger charge is -2.22. The molecule has 0 aliphatic rings. The molecule has 60 heavy (non-hydrogen) atoms. The third kappa shape index (κ3) is 5.56. The topological polar surface area (TPSA) is 83.2 Å². The number of para-hydroxylation sites is 3. The summed E-state index contributed by atoms with van der Waals surface area (Å²) in [7, 11) is 0. The fourth-order valence-electron chi connectivity index (χ4n) is 8.77. The van der Waals surface area contributed by atoms with E-state index in [0.29, 0.717) is 17.0 Å². The maximum atomic E-state index is 10.0. The van der Waals surface area contributed by atoms with Gasteiger partial charge in [-0.25, -0.2) is 9.97 Å². The van der Waals surface area contributed by atoms with Crippen molar-refractivity contribution in [2.45, 2.75) is 0 Å². The molecule has 0 bridgehead atoms. The molecule has 0 fully saturated rings. The molecular weight excluding hydrogens is 733 g/mol. The Morgan fingerprint density at radius 3 is 1.48 bits per heavy atom. The van der Waals surface area contributed by atoms with E-state index < -0.39 is 0 Å². The third-order valence-electron chi connectivity index (χ3n) is 11.4. The number of hydrogen-bond donors (Lipinski definition) is 0. The zero-order chi connectivity index (χ0) is 40.2. The van der Waals surface area contributed by atoms with Gasteiger partial charge in [0.15, 0.2) is 5.82 Å². The summed E-state index contributed by atoms with van der Waals surface area (Å²) >= 11 is 0. The lowest BCUT2D eigenvalue weighted by molar-refractivity contribution is 1.15. The summed E-state index contributed by atoms with van der Waals surface area (Å²) in [6.07, 6.45) is 0. The molecule has 3 aromatic heterocycles. The highest BCUT2D eigenvalue weighted by molar-refractivity contribution is 6.12. The normalized spacial score (nSPS) is 11.3. The largest absolute Gasteiger partial charge is 0.309 e. The molecule has 11 rings (SSSR count). The van der Waals surface area contributed by atoms with Gasteiger partial charge in [-0.05, 0) is 66.7 Å². The van der Waals surface area contributed by atoms with E-state index in [9.17, 15) is 10.5 Å². The first-order valence-corrected chi connectivity index (χ1v) is 19.8. The van der Waals surface area contributed by atoms with Gasteiger partial charge >= 0.3 is 0 Å². The molecule has 0 saturated heterocycles. The standard InChI is InChI=1S/C54H32N6/c55-33-35-26-28-50-43(30-35)44-31-36(34-56)27-29-51(44)60(50)52-25-13-21-41(46-32-45(37-14-3-1-4-15-37)57-54(58-46)38-16-5-2-6-17-38)53(52)42-20-9-12-24-49(42)59-47-22-10-7-18-39(47)40-19-8-11-23-48(40)59/h1-32H. The summed E-state index contributed by atoms with van der Waals surface area (Å²) in [4.78, 5) is 10.5. The molecule has 3 heterocycles. The molecule has 278 valence electrons. The van der Waals surface area contributed by atoms with Crippen molar-refractivity contribution in [2.24, 2.45) is 0 Å². The number of fused-ring (bicyclic) bond motifs is 6. The average molecular weight is 765 g/mol.